The summed E-state index contributed by atoms with van der Waals surface area (Å²) in [6.07, 6.45) is -0.539. The molecule has 15 heavy (non-hydrogen) atoms. The molecule has 1 aromatic heterocycles. The van der Waals surface area contributed by atoms with E-state index in [1.807, 2.05) is 19.9 Å². The molecule has 84 valence electrons. The Kier molecular flexibility index (Phi) is 4.03. The van der Waals surface area contributed by atoms with Crippen LogP contribution in [0.25, 0.3) is 0 Å². The highest BCUT2D eigenvalue weighted by atomic mass is 16.7. The Morgan fingerprint density at radius 1 is 1.33 bits per heavy atom. The highest BCUT2D eigenvalue weighted by molar-refractivity contribution is 5.60. The number of cyclic esters (lactones) is 2. The molecule has 5 nitrogen and oxygen atoms in total. The van der Waals surface area contributed by atoms with Gasteiger partial charge < -0.3 is 19.6 Å². The van der Waals surface area contributed by atoms with Crippen molar-refractivity contribution in [2.45, 2.75) is 13.8 Å². The second-order valence-electron chi connectivity index (χ2n) is 3.43. The number of nitrogens with two attached hydrogens (primary N) is 1. The molecule has 1 aliphatic heterocycles. The smallest absolute Gasteiger partial charge is 0.446 e. The van der Waals surface area contributed by atoms with Gasteiger partial charge in [0.05, 0.1) is 0 Å². The number of carbonyl (C=O) groups excluding carboxylic acids is 1. The monoisotopic (exact) mass is 213 g/mol. The standard InChI is InChI=1S/C5H7NO.C5H8O3/c1-4-2-3-5(6)7-4;1-4-2-7-5(6)8-3-4/h2-3H,6H2,1H3;4H,2-3H2,1H3. The van der Waals surface area contributed by atoms with E-state index >= 15 is 0 Å². The third-order valence-electron chi connectivity index (χ3n) is 1.73. The first kappa shape index (κ1) is 11.4. The second-order valence-corrected chi connectivity index (χ2v) is 3.43. The minimum absolute atomic E-state index is 0.354. The number of carbonyl (C=O) groups is 1. The van der Waals surface area contributed by atoms with Crippen molar-refractivity contribution in [1.29, 1.82) is 0 Å². The highest BCUT2D eigenvalue weighted by Crippen LogP contribution is 2.05. The lowest BCUT2D eigenvalue weighted by atomic mass is 10.2. The Balaban J connectivity index is 0.000000151. The van der Waals surface area contributed by atoms with Crippen LogP contribution >= 0.6 is 0 Å². The molecule has 0 unspecified atom stereocenters. The van der Waals surface area contributed by atoms with Crippen LogP contribution in [0.1, 0.15) is 12.7 Å². The average molecular weight is 213 g/mol. The van der Waals surface area contributed by atoms with E-state index in [9.17, 15) is 4.79 Å². The lowest BCUT2D eigenvalue weighted by molar-refractivity contribution is -0.00707. The van der Waals surface area contributed by atoms with Gasteiger partial charge in [-0.1, -0.05) is 6.92 Å². The number of nitrogen functional groups attached to an aromatic ring is 1. The predicted octanol–water partition coefficient (Wildman–Crippen LogP) is 1.96. The summed E-state index contributed by atoms with van der Waals surface area (Å²) in [6.45, 7) is 4.82. The summed E-state index contributed by atoms with van der Waals surface area (Å²) in [6, 6.07) is 3.56. The lowest BCUT2D eigenvalue weighted by Gasteiger charge is -2.17. The molecule has 1 fully saturated rings. The lowest BCUT2D eigenvalue weighted by Crippen LogP contribution is -2.24. The summed E-state index contributed by atoms with van der Waals surface area (Å²) >= 11 is 0. The number of hydrogen-bond acceptors (Lipinski definition) is 5. The van der Waals surface area contributed by atoms with E-state index < -0.39 is 6.16 Å². The first-order chi connectivity index (χ1) is 7.08. The molecule has 1 aliphatic rings. The molecule has 0 aromatic carbocycles. The molecule has 2 rings (SSSR count). The van der Waals surface area contributed by atoms with Crippen molar-refractivity contribution in [3.05, 3.63) is 17.9 Å². The van der Waals surface area contributed by atoms with Crippen LogP contribution in [0, 0.1) is 12.8 Å². The Morgan fingerprint density at radius 3 is 2.20 bits per heavy atom. The van der Waals surface area contributed by atoms with Crippen LogP contribution in [0.5, 0.6) is 0 Å². The van der Waals surface area contributed by atoms with E-state index in [2.05, 4.69) is 9.47 Å². The summed E-state index contributed by atoms with van der Waals surface area (Å²) < 4.78 is 13.9. The normalized spacial score (nSPS) is 16.0. The molecule has 0 amide bonds. The van der Waals surface area contributed by atoms with Crippen LogP contribution in [-0.2, 0) is 9.47 Å². The van der Waals surface area contributed by atoms with E-state index in [4.69, 9.17) is 10.2 Å². The number of rotatable bonds is 0. The van der Waals surface area contributed by atoms with Crippen molar-refractivity contribution in [2.75, 3.05) is 18.9 Å². The SMILES string of the molecule is CC1COC(=O)OC1.Cc1ccc(N)o1. The van der Waals surface area contributed by atoms with Crippen molar-refractivity contribution in [1.82, 2.24) is 0 Å². The van der Waals surface area contributed by atoms with Gasteiger partial charge in [0, 0.05) is 12.0 Å². The van der Waals surface area contributed by atoms with Crippen LogP contribution in [0.3, 0.4) is 0 Å². The summed E-state index contributed by atoms with van der Waals surface area (Å²) in [5, 5.41) is 0. The van der Waals surface area contributed by atoms with Crippen molar-refractivity contribution in [3.8, 4) is 0 Å². The first-order valence-electron chi connectivity index (χ1n) is 4.69. The number of furan rings is 1. The van der Waals surface area contributed by atoms with Gasteiger partial charge in [-0.2, -0.15) is 0 Å². The van der Waals surface area contributed by atoms with Crippen molar-refractivity contribution in [3.63, 3.8) is 0 Å². The fraction of sp³-hybridized carbons (Fsp3) is 0.500. The van der Waals surface area contributed by atoms with Gasteiger partial charge in [-0.05, 0) is 13.0 Å². The van der Waals surface area contributed by atoms with E-state index in [-0.39, 0.29) is 0 Å². The highest BCUT2D eigenvalue weighted by Gasteiger charge is 2.15. The van der Waals surface area contributed by atoms with Gasteiger partial charge in [0.2, 0.25) is 0 Å². The zero-order chi connectivity index (χ0) is 11.3. The van der Waals surface area contributed by atoms with Gasteiger partial charge in [0.15, 0.2) is 5.88 Å². The van der Waals surface area contributed by atoms with Gasteiger partial charge in [0.25, 0.3) is 0 Å². The molecular weight excluding hydrogens is 198 g/mol. The van der Waals surface area contributed by atoms with Crippen LogP contribution in [-0.4, -0.2) is 19.4 Å². The maximum atomic E-state index is 10.2. The van der Waals surface area contributed by atoms with Crippen LogP contribution < -0.4 is 5.73 Å². The van der Waals surface area contributed by atoms with E-state index in [0.717, 1.165) is 5.76 Å². The predicted molar refractivity (Wildman–Crippen MR) is 54.3 cm³/mol. The summed E-state index contributed by atoms with van der Waals surface area (Å²) in [4.78, 5) is 10.2. The number of anilines is 1. The van der Waals surface area contributed by atoms with Gasteiger partial charge in [-0.15, -0.1) is 0 Å². The Hall–Kier alpha value is -1.65. The Bertz CT molecular complexity index is 294. The topological polar surface area (TPSA) is 74.7 Å². The van der Waals surface area contributed by atoms with Crippen LogP contribution in [0.4, 0.5) is 10.7 Å². The molecule has 0 atom stereocenters. The molecule has 1 aromatic rings. The average Bonchev–Trinajstić information content (AvgIpc) is 2.56. The molecule has 5 heteroatoms. The Morgan fingerprint density at radius 2 is 1.93 bits per heavy atom. The van der Waals surface area contributed by atoms with E-state index in [1.165, 1.54) is 0 Å². The number of ether oxygens (including phenoxy) is 2. The Labute approximate surface area is 88.1 Å². The second kappa shape index (κ2) is 5.29. The fourth-order valence-electron chi connectivity index (χ4n) is 0.964. The van der Waals surface area contributed by atoms with Crippen molar-refractivity contribution >= 4 is 12.0 Å². The quantitative estimate of drug-likeness (QED) is 0.667. The molecular formula is C10H15NO4. The minimum Gasteiger partial charge on any atom is -0.446 e. The molecule has 1 saturated heterocycles. The first-order valence-corrected chi connectivity index (χ1v) is 4.69. The van der Waals surface area contributed by atoms with Gasteiger partial charge in [-0.25, -0.2) is 4.79 Å². The molecule has 0 spiro atoms. The molecule has 2 heterocycles. The van der Waals surface area contributed by atoms with Crippen LogP contribution in [0.15, 0.2) is 16.5 Å². The molecule has 0 bridgehead atoms. The van der Waals surface area contributed by atoms with Gasteiger partial charge >= 0.3 is 6.16 Å². The summed E-state index contributed by atoms with van der Waals surface area (Å²) in [5.74, 6) is 1.70. The van der Waals surface area contributed by atoms with Crippen LogP contribution in [0.2, 0.25) is 0 Å². The molecule has 0 aliphatic carbocycles. The molecule has 0 saturated carbocycles. The van der Waals surface area contributed by atoms with E-state index in [0.29, 0.717) is 25.0 Å². The zero-order valence-electron chi connectivity index (χ0n) is 8.86. The minimum atomic E-state index is -0.539. The number of hydrogen-bond donors (Lipinski definition) is 1. The van der Waals surface area contributed by atoms with Gasteiger partial charge in [0.1, 0.15) is 19.0 Å². The van der Waals surface area contributed by atoms with Crippen molar-refractivity contribution < 1.29 is 18.7 Å². The third kappa shape index (κ3) is 4.39. The largest absolute Gasteiger partial charge is 0.508 e. The zero-order valence-corrected chi connectivity index (χ0v) is 8.86. The third-order valence-corrected chi connectivity index (χ3v) is 1.73. The molecule has 2 N–H and O–H groups in total. The molecule has 0 radical (unpaired) electrons. The number of aryl methyl sites for hydroxylation is 1. The van der Waals surface area contributed by atoms with Gasteiger partial charge in [-0.3, -0.25) is 0 Å². The maximum absolute atomic E-state index is 10.2. The summed E-state index contributed by atoms with van der Waals surface area (Å²) in [5.41, 5.74) is 5.21. The van der Waals surface area contributed by atoms with Crippen molar-refractivity contribution in [2.24, 2.45) is 5.92 Å². The maximum Gasteiger partial charge on any atom is 0.508 e. The summed E-state index contributed by atoms with van der Waals surface area (Å²) in [7, 11) is 0. The van der Waals surface area contributed by atoms with E-state index in [1.54, 1.807) is 6.07 Å². The fourth-order valence-corrected chi connectivity index (χ4v) is 0.964.